The maximum atomic E-state index is 12.7. The third kappa shape index (κ3) is 2.80. The quantitative estimate of drug-likeness (QED) is 0.656. The molecule has 0 aromatic heterocycles. The fourth-order valence-electron chi connectivity index (χ4n) is 3.08. The highest BCUT2D eigenvalue weighted by atomic mass is 16.2. The average molecular weight is 343 g/mol. The fourth-order valence-corrected chi connectivity index (χ4v) is 3.08. The van der Waals surface area contributed by atoms with E-state index >= 15 is 0 Å². The Hall–Kier alpha value is -3.60. The molecule has 0 saturated heterocycles. The Balaban J connectivity index is 1.78. The molecule has 0 unspecified atom stereocenters. The molecule has 4 N–H and O–H groups in total. The van der Waals surface area contributed by atoms with Gasteiger partial charge in [0.15, 0.2) is 0 Å². The number of primary amides is 1. The van der Waals surface area contributed by atoms with Crippen LogP contribution in [-0.2, 0) is 0 Å². The van der Waals surface area contributed by atoms with Crippen molar-refractivity contribution in [3.63, 3.8) is 0 Å². The van der Waals surface area contributed by atoms with Crippen LogP contribution in [0.5, 0.6) is 0 Å². The van der Waals surface area contributed by atoms with Gasteiger partial charge in [-0.15, -0.1) is 0 Å². The summed E-state index contributed by atoms with van der Waals surface area (Å²) in [4.78, 5) is 24.1. The second kappa shape index (κ2) is 6.04. The van der Waals surface area contributed by atoms with Crippen molar-refractivity contribution in [2.24, 2.45) is 5.73 Å². The number of benzene rings is 3. The van der Waals surface area contributed by atoms with Gasteiger partial charge in [0.05, 0.1) is 22.6 Å². The van der Waals surface area contributed by atoms with Gasteiger partial charge in [0.1, 0.15) is 0 Å². The molecular formula is C21H17N3O2. The number of amides is 2. The van der Waals surface area contributed by atoms with Crippen LogP contribution in [-0.4, -0.2) is 11.8 Å². The number of anilines is 3. The molecule has 0 spiro atoms. The molecule has 26 heavy (non-hydrogen) atoms. The van der Waals surface area contributed by atoms with Crippen LogP contribution in [0.25, 0.3) is 11.1 Å². The lowest BCUT2D eigenvalue weighted by atomic mass is 9.99. The molecule has 0 fully saturated rings. The zero-order valence-corrected chi connectivity index (χ0v) is 14.2. The van der Waals surface area contributed by atoms with Gasteiger partial charge in [-0.2, -0.15) is 0 Å². The summed E-state index contributed by atoms with van der Waals surface area (Å²) < 4.78 is 0. The van der Waals surface area contributed by atoms with Gasteiger partial charge in [0.2, 0.25) is 5.91 Å². The SMILES string of the molecule is Cc1ccc2c(c1)NC(=O)c1cc(-c3cccc(C(N)=O)c3)ccc1N2. The van der Waals surface area contributed by atoms with Gasteiger partial charge in [-0.25, -0.2) is 0 Å². The predicted octanol–water partition coefficient (Wildman–Crippen LogP) is 4.07. The van der Waals surface area contributed by atoms with Crippen LogP contribution in [0, 0.1) is 6.92 Å². The predicted molar refractivity (Wildman–Crippen MR) is 103 cm³/mol. The number of rotatable bonds is 2. The Morgan fingerprint density at radius 3 is 2.42 bits per heavy atom. The molecule has 4 rings (SSSR count). The molecule has 2 amide bonds. The van der Waals surface area contributed by atoms with Crippen molar-refractivity contribution < 1.29 is 9.59 Å². The van der Waals surface area contributed by atoms with E-state index in [9.17, 15) is 9.59 Å². The number of hydrogen-bond acceptors (Lipinski definition) is 3. The molecule has 0 radical (unpaired) electrons. The second-order valence-electron chi connectivity index (χ2n) is 6.33. The number of aryl methyl sites for hydroxylation is 1. The Kier molecular flexibility index (Phi) is 3.69. The first kappa shape index (κ1) is 15.9. The highest BCUT2D eigenvalue weighted by Gasteiger charge is 2.19. The van der Waals surface area contributed by atoms with Gasteiger partial charge in [-0.3, -0.25) is 9.59 Å². The summed E-state index contributed by atoms with van der Waals surface area (Å²) in [5.41, 5.74) is 11.4. The van der Waals surface area contributed by atoms with Crippen molar-refractivity contribution in [1.29, 1.82) is 0 Å². The molecule has 3 aromatic rings. The summed E-state index contributed by atoms with van der Waals surface area (Å²) in [5, 5.41) is 6.26. The molecule has 1 aliphatic heterocycles. The van der Waals surface area contributed by atoms with E-state index in [1.165, 1.54) is 0 Å². The molecule has 0 bridgehead atoms. The molecule has 5 nitrogen and oxygen atoms in total. The zero-order valence-electron chi connectivity index (χ0n) is 14.2. The minimum absolute atomic E-state index is 0.176. The molecule has 0 aliphatic carbocycles. The first-order valence-corrected chi connectivity index (χ1v) is 8.24. The van der Waals surface area contributed by atoms with Gasteiger partial charge in [0.25, 0.3) is 5.91 Å². The average Bonchev–Trinajstić information content (AvgIpc) is 2.77. The van der Waals surface area contributed by atoms with Crippen LogP contribution in [0.15, 0.2) is 60.7 Å². The van der Waals surface area contributed by atoms with Crippen LogP contribution >= 0.6 is 0 Å². The maximum absolute atomic E-state index is 12.7. The number of fused-ring (bicyclic) bond motifs is 2. The summed E-state index contributed by atoms with van der Waals surface area (Å²) in [6.45, 7) is 1.98. The summed E-state index contributed by atoms with van der Waals surface area (Å²) in [7, 11) is 0. The van der Waals surface area contributed by atoms with Crippen LogP contribution in [0.4, 0.5) is 17.1 Å². The second-order valence-corrected chi connectivity index (χ2v) is 6.33. The van der Waals surface area contributed by atoms with Crippen molar-refractivity contribution in [3.05, 3.63) is 77.4 Å². The van der Waals surface area contributed by atoms with Crippen LogP contribution in [0.2, 0.25) is 0 Å². The van der Waals surface area contributed by atoms with Crippen LogP contribution < -0.4 is 16.4 Å². The van der Waals surface area contributed by atoms with Crippen LogP contribution in [0.1, 0.15) is 26.3 Å². The third-order valence-electron chi connectivity index (χ3n) is 4.44. The summed E-state index contributed by atoms with van der Waals surface area (Å²) in [6, 6.07) is 18.5. The van der Waals surface area contributed by atoms with Crippen molar-refractivity contribution >= 4 is 28.9 Å². The largest absolute Gasteiger partial charge is 0.366 e. The molecule has 0 atom stereocenters. The third-order valence-corrected chi connectivity index (χ3v) is 4.44. The van der Waals surface area contributed by atoms with Gasteiger partial charge < -0.3 is 16.4 Å². The van der Waals surface area contributed by atoms with E-state index in [4.69, 9.17) is 5.73 Å². The van der Waals surface area contributed by atoms with Crippen LogP contribution in [0.3, 0.4) is 0 Å². The number of hydrogen-bond donors (Lipinski definition) is 3. The Morgan fingerprint density at radius 2 is 1.62 bits per heavy atom. The standard InChI is InChI=1S/C21H17N3O2/c1-12-5-7-18-19(9-12)24-21(26)16-11-14(6-8-17(16)23-18)13-3-2-4-15(10-13)20(22)25/h2-11,23H,1H3,(H2,22,25)(H,24,26). The molecule has 1 heterocycles. The van der Waals surface area contributed by atoms with Gasteiger partial charge in [-0.05, 0) is 60.0 Å². The fraction of sp³-hybridized carbons (Fsp3) is 0.0476. The number of nitrogens with one attached hydrogen (secondary N) is 2. The monoisotopic (exact) mass is 343 g/mol. The highest BCUT2D eigenvalue weighted by Crippen LogP contribution is 2.34. The maximum Gasteiger partial charge on any atom is 0.257 e. The van der Waals surface area contributed by atoms with Gasteiger partial charge in [0, 0.05) is 5.56 Å². The summed E-state index contributed by atoms with van der Waals surface area (Å²) in [6.07, 6.45) is 0. The van der Waals surface area contributed by atoms with E-state index in [1.807, 2.05) is 49.4 Å². The Morgan fingerprint density at radius 1 is 0.846 bits per heavy atom. The van der Waals surface area contributed by atoms with Crippen molar-refractivity contribution in [3.8, 4) is 11.1 Å². The molecule has 5 heteroatoms. The van der Waals surface area contributed by atoms with Crippen molar-refractivity contribution in [2.45, 2.75) is 6.92 Å². The molecule has 0 saturated carbocycles. The summed E-state index contributed by atoms with van der Waals surface area (Å²) in [5.74, 6) is -0.656. The smallest absolute Gasteiger partial charge is 0.257 e. The van der Waals surface area contributed by atoms with E-state index in [-0.39, 0.29) is 5.91 Å². The molecule has 128 valence electrons. The van der Waals surface area contributed by atoms with E-state index in [2.05, 4.69) is 10.6 Å². The van der Waals surface area contributed by atoms with Gasteiger partial charge >= 0.3 is 0 Å². The van der Waals surface area contributed by atoms with Crippen molar-refractivity contribution in [1.82, 2.24) is 0 Å². The first-order valence-electron chi connectivity index (χ1n) is 8.24. The molecule has 1 aliphatic rings. The normalized spacial score (nSPS) is 12.3. The lowest BCUT2D eigenvalue weighted by molar-refractivity contribution is 0.0997. The Bertz CT molecular complexity index is 1060. The highest BCUT2D eigenvalue weighted by molar-refractivity contribution is 6.12. The Labute approximate surface area is 150 Å². The van der Waals surface area contributed by atoms with E-state index < -0.39 is 5.91 Å². The zero-order chi connectivity index (χ0) is 18.3. The minimum atomic E-state index is -0.480. The minimum Gasteiger partial charge on any atom is -0.366 e. The topological polar surface area (TPSA) is 84.2 Å². The number of carbonyl (C=O) groups is 2. The number of carbonyl (C=O) groups excluding carboxylic acids is 2. The summed E-state index contributed by atoms with van der Waals surface area (Å²) >= 11 is 0. The molecular weight excluding hydrogens is 326 g/mol. The lowest BCUT2D eigenvalue weighted by Gasteiger charge is -2.10. The lowest BCUT2D eigenvalue weighted by Crippen LogP contribution is -2.11. The van der Waals surface area contributed by atoms with E-state index in [0.29, 0.717) is 11.1 Å². The number of nitrogens with two attached hydrogens (primary N) is 1. The van der Waals surface area contributed by atoms with Gasteiger partial charge in [-0.1, -0.05) is 24.3 Å². The van der Waals surface area contributed by atoms with Crippen molar-refractivity contribution in [2.75, 3.05) is 10.6 Å². The van der Waals surface area contributed by atoms with E-state index in [0.717, 1.165) is 33.8 Å². The van der Waals surface area contributed by atoms with E-state index in [1.54, 1.807) is 18.2 Å². The molecule has 3 aromatic carbocycles. The first-order chi connectivity index (χ1) is 12.5.